The van der Waals surface area contributed by atoms with Crippen molar-refractivity contribution < 1.29 is 33.5 Å². The van der Waals surface area contributed by atoms with Crippen LogP contribution in [0.1, 0.15) is 70.4 Å². The highest BCUT2D eigenvalue weighted by atomic mass is 16.6. The number of methoxy groups -OCH3 is 1. The van der Waals surface area contributed by atoms with E-state index in [0.717, 1.165) is 30.5 Å². The fourth-order valence-corrected chi connectivity index (χ4v) is 5.35. The Morgan fingerprint density at radius 3 is 1.22 bits per heavy atom. The number of aliphatic hydroxyl groups excluding tert-OH is 1. The van der Waals surface area contributed by atoms with Crippen molar-refractivity contribution in [1.29, 1.82) is 0 Å². The van der Waals surface area contributed by atoms with Gasteiger partial charge < -0.3 is 33.5 Å². The number of benzene rings is 4. The van der Waals surface area contributed by atoms with Crippen molar-refractivity contribution >= 4 is 0 Å². The minimum atomic E-state index is -0.627. The number of aryl methyl sites for hydroxylation is 1. The number of aliphatic hydroxyl groups is 1. The molecule has 2 heterocycles. The van der Waals surface area contributed by atoms with Gasteiger partial charge in [0.05, 0.1) is 19.8 Å². The third-order valence-corrected chi connectivity index (χ3v) is 8.98. The first-order valence-electron chi connectivity index (χ1n) is 16.7. The van der Waals surface area contributed by atoms with Gasteiger partial charge in [-0.25, -0.2) is 0 Å². The summed E-state index contributed by atoms with van der Waals surface area (Å²) in [4.78, 5) is 0. The molecule has 272 valence electrons. The first-order valence-corrected chi connectivity index (χ1v) is 16.7. The van der Waals surface area contributed by atoms with E-state index in [1.54, 1.807) is 7.11 Å². The second kappa shape index (κ2) is 18.4. The van der Waals surface area contributed by atoms with Crippen LogP contribution in [0, 0.1) is 6.92 Å². The molecule has 0 radical (unpaired) electrons. The van der Waals surface area contributed by atoms with Gasteiger partial charge in [0.1, 0.15) is 55.4 Å². The van der Waals surface area contributed by atoms with Crippen LogP contribution in [0.25, 0.3) is 0 Å². The maximum absolute atomic E-state index is 9.67. The summed E-state index contributed by atoms with van der Waals surface area (Å²) in [6, 6.07) is 33.4. The molecule has 4 aromatic rings. The molecule has 2 saturated heterocycles. The third-order valence-electron chi connectivity index (χ3n) is 8.98. The van der Waals surface area contributed by atoms with Gasteiger partial charge in [0.15, 0.2) is 0 Å². The van der Waals surface area contributed by atoms with Crippen molar-refractivity contribution in [2.75, 3.05) is 46.8 Å². The number of epoxide rings is 2. The van der Waals surface area contributed by atoms with Crippen LogP contribution in [0.3, 0.4) is 0 Å². The smallest absolute Gasteiger partial charge is 0.119 e. The van der Waals surface area contributed by atoms with Gasteiger partial charge >= 0.3 is 0 Å². The Kier molecular flexibility index (Phi) is 14.9. The molecule has 7 heteroatoms. The zero-order chi connectivity index (χ0) is 34.1. The van der Waals surface area contributed by atoms with E-state index in [2.05, 4.69) is 95.3 Å². The predicted octanol–water partition coefficient (Wildman–Crippen LogP) is 8.55. The molecule has 2 aliphatic heterocycles. The highest BCUT2D eigenvalue weighted by molar-refractivity contribution is 5.42. The Bertz CT molecular complexity index is 1540. The molecule has 0 saturated carbocycles. The molecule has 1 N–H and O–H groups in total. The lowest BCUT2D eigenvalue weighted by atomic mass is 9.78. The summed E-state index contributed by atoms with van der Waals surface area (Å²) < 4.78 is 32.2. The van der Waals surface area contributed by atoms with E-state index in [0.29, 0.717) is 19.3 Å². The van der Waals surface area contributed by atoms with Crippen molar-refractivity contribution in [3.63, 3.8) is 0 Å². The quantitative estimate of drug-likeness (QED) is 0.126. The molecule has 0 aromatic heterocycles. The normalized spacial score (nSPS) is 16.8. The molecule has 50 heavy (non-hydrogen) atoms. The average Bonchev–Trinajstić information content (AvgIpc) is 4.03. The fourth-order valence-electron chi connectivity index (χ4n) is 5.35. The summed E-state index contributed by atoms with van der Waals surface area (Å²) in [5.41, 5.74) is 6.15. The zero-order valence-corrected chi connectivity index (χ0v) is 29.1. The summed E-state index contributed by atoms with van der Waals surface area (Å²) in [5.74, 6) is 2.51. The molecule has 0 amide bonds. The van der Waals surface area contributed by atoms with Gasteiger partial charge in [-0.1, -0.05) is 109 Å². The van der Waals surface area contributed by atoms with Crippen LogP contribution >= 0.6 is 0 Å². The fraction of sp³-hybridized carbons (Fsp3) is 0.442. The van der Waals surface area contributed by atoms with Gasteiger partial charge in [-0.2, -0.15) is 0 Å². The van der Waals surface area contributed by atoms with Crippen molar-refractivity contribution in [3.8, 4) is 17.2 Å². The first kappa shape index (κ1) is 40.5. The molecule has 7 nitrogen and oxygen atoms in total. The van der Waals surface area contributed by atoms with E-state index in [1.165, 1.54) is 27.8 Å². The lowest BCUT2D eigenvalue weighted by Gasteiger charge is -2.26. The Morgan fingerprint density at radius 2 is 0.900 bits per heavy atom. The van der Waals surface area contributed by atoms with Gasteiger partial charge in [-0.3, -0.25) is 0 Å². The van der Waals surface area contributed by atoms with Crippen LogP contribution in [-0.4, -0.2) is 70.2 Å². The summed E-state index contributed by atoms with van der Waals surface area (Å²) in [6.45, 7) is 14.4. The van der Waals surface area contributed by atoms with Crippen LogP contribution in [0.15, 0.2) is 97.1 Å². The molecule has 2 fully saturated rings. The lowest BCUT2D eigenvalue weighted by Crippen LogP contribution is -2.22. The van der Waals surface area contributed by atoms with Crippen molar-refractivity contribution in [2.24, 2.45) is 0 Å². The highest BCUT2D eigenvalue weighted by Gasteiger charge is 2.26. The van der Waals surface area contributed by atoms with E-state index in [1.807, 2.05) is 36.4 Å². The van der Waals surface area contributed by atoms with Crippen molar-refractivity contribution in [2.45, 2.75) is 78.6 Å². The molecule has 0 bridgehead atoms. The molecule has 0 aliphatic carbocycles. The third kappa shape index (κ3) is 11.6. The van der Waals surface area contributed by atoms with Crippen molar-refractivity contribution in [3.05, 3.63) is 125 Å². The molecule has 2 aliphatic rings. The largest absolute Gasteiger partial charge is 0.491 e. The summed E-state index contributed by atoms with van der Waals surface area (Å²) in [6.07, 6.45) is -0.0653. The molecular formula is C43H58O7. The van der Waals surface area contributed by atoms with Crippen LogP contribution in [0.2, 0.25) is 0 Å². The molecule has 3 atom stereocenters. The van der Waals surface area contributed by atoms with Gasteiger partial charge in [0.25, 0.3) is 0 Å². The van der Waals surface area contributed by atoms with Crippen LogP contribution in [0.5, 0.6) is 17.2 Å². The average molecular weight is 687 g/mol. The molecule has 3 unspecified atom stereocenters. The maximum Gasteiger partial charge on any atom is 0.119 e. The van der Waals surface area contributed by atoms with E-state index in [4.69, 9.17) is 28.4 Å². The minimum absolute atomic E-state index is 0. The summed E-state index contributed by atoms with van der Waals surface area (Å²) in [5, 5.41) is 9.67. The number of rotatable bonds is 15. The van der Waals surface area contributed by atoms with E-state index >= 15 is 0 Å². The Morgan fingerprint density at radius 1 is 0.580 bits per heavy atom. The van der Waals surface area contributed by atoms with Crippen LogP contribution in [-0.2, 0) is 25.0 Å². The molecule has 4 aromatic carbocycles. The SMILES string of the molecule is C.C.COCC(O)COc1ccc(C(C)(C)c2ccc(OCC3CO3)cc2)cc1.Cc1ccc(C(C)(C)c2ccc(OCC3CO3)cc2)cc1. The number of ether oxygens (including phenoxy) is 6. The van der Waals surface area contributed by atoms with Crippen molar-refractivity contribution in [1.82, 2.24) is 0 Å². The first-order chi connectivity index (χ1) is 23.0. The Hall–Kier alpha value is -3.88. The number of hydrogen-bond donors (Lipinski definition) is 1. The summed E-state index contributed by atoms with van der Waals surface area (Å²) >= 11 is 0. The second-order valence-electron chi connectivity index (χ2n) is 13.6. The van der Waals surface area contributed by atoms with Gasteiger partial charge in [0, 0.05) is 17.9 Å². The van der Waals surface area contributed by atoms with Gasteiger partial charge in [0.2, 0.25) is 0 Å². The predicted molar refractivity (Wildman–Crippen MR) is 202 cm³/mol. The van der Waals surface area contributed by atoms with E-state index in [9.17, 15) is 5.11 Å². The van der Waals surface area contributed by atoms with Crippen LogP contribution in [0.4, 0.5) is 0 Å². The monoisotopic (exact) mass is 686 g/mol. The standard InChI is InChI=1S/C22H28O5.C19H22O2.2CH4/c1-22(2,17-6-10-20(11-7-17)26-14-21-15-27-21)16-4-8-19(9-5-16)25-13-18(23)12-24-3;1-14-4-6-15(7-5-14)19(2,3)16-8-10-17(11-9-16)20-12-18-13-21-18;;/h4-11,18,21,23H,12-15H2,1-3H3;4-11,18H,12-13H2,1-3H3;2*1H4. The summed E-state index contributed by atoms with van der Waals surface area (Å²) in [7, 11) is 1.56. The molecular weight excluding hydrogens is 628 g/mol. The van der Waals surface area contributed by atoms with E-state index < -0.39 is 6.10 Å². The molecule has 0 spiro atoms. The maximum atomic E-state index is 9.67. The topological polar surface area (TPSA) is 82.2 Å². The lowest BCUT2D eigenvalue weighted by molar-refractivity contribution is 0.0325. The van der Waals surface area contributed by atoms with Gasteiger partial charge in [-0.05, 0) is 65.6 Å². The second-order valence-corrected chi connectivity index (χ2v) is 13.6. The van der Waals surface area contributed by atoms with E-state index in [-0.39, 0.29) is 45.0 Å². The minimum Gasteiger partial charge on any atom is -0.491 e. The Balaban J connectivity index is 0.000000267. The highest BCUT2D eigenvalue weighted by Crippen LogP contribution is 2.34. The molecule has 6 rings (SSSR count). The Labute approximate surface area is 300 Å². The van der Waals surface area contributed by atoms with Gasteiger partial charge in [-0.15, -0.1) is 0 Å². The van der Waals surface area contributed by atoms with Crippen LogP contribution < -0.4 is 14.2 Å². The zero-order valence-electron chi connectivity index (χ0n) is 29.1. The number of hydrogen-bond acceptors (Lipinski definition) is 7.